The molecule has 0 aromatic carbocycles. The number of aromatic nitrogens is 4. The van der Waals surface area contributed by atoms with Gasteiger partial charge in [0.05, 0.1) is 0 Å². The second-order valence-electron chi connectivity index (χ2n) is 4.04. The van der Waals surface area contributed by atoms with Crippen LogP contribution >= 0.6 is 11.6 Å². The fraction of sp³-hybridized carbons (Fsp3) is 0.500. The molecule has 1 aliphatic rings. The van der Waals surface area contributed by atoms with Gasteiger partial charge in [-0.3, -0.25) is 0 Å². The Morgan fingerprint density at radius 1 is 1.33 bits per heavy atom. The molecule has 0 spiro atoms. The van der Waals surface area contributed by atoms with Gasteiger partial charge in [-0.05, 0) is 18.1 Å². The molecule has 0 saturated heterocycles. The first-order chi connectivity index (χ1) is 7.33. The van der Waals surface area contributed by atoms with Gasteiger partial charge in [-0.2, -0.15) is 9.61 Å². The maximum atomic E-state index is 5.84. The standard InChI is InChI=1S/C10H11ClN4/c11-8-4-5-9-12-13-10(15(9)14-8)6-7-2-1-3-7/h4-5,7H,1-3,6H2. The van der Waals surface area contributed by atoms with Gasteiger partial charge in [0.15, 0.2) is 11.5 Å². The summed E-state index contributed by atoms with van der Waals surface area (Å²) in [4.78, 5) is 0. The average molecular weight is 223 g/mol. The van der Waals surface area contributed by atoms with Crippen LogP contribution in [0.4, 0.5) is 0 Å². The second kappa shape index (κ2) is 3.45. The lowest BCUT2D eigenvalue weighted by atomic mass is 9.83. The molecule has 0 aliphatic heterocycles. The third-order valence-electron chi connectivity index (χ3n) is 2.99. The summed E-state index contributed by atoms with van der Waals surface area (Å²) in [6.45, 7) is 0. The Balaban J connectivity index is 1.98. The minimum Gasteiger partial charge on any atom is -0.196 e. The predicted molar refractivity (Wildman–Crippen MR) is 56.8 cm³/mol. The molecule has 4 nitrogen and oxygen atoms in total. The van der Waals surface area contributed by atoms with Crippen LogP contribution in [0.1, 0.15) is 25.1 Å². The van der Waals surface area contributed by atoms with Crippen LogP contribution in [0.15, 0.2) is 12.1 Å². The SMILES string of the molecule is Clc1ccc2nnc(CC3CCC3)n2n1. The monoisotopic (exact) mass is 222 g/mol. The van der Waals surface area contributed by atoms with Crippen molar-refractivity contribution in [2.75, 3.05) is 0 Å². The third kappa shape index (κ3) is 1.59. The molecule has 1 aliphatic carbocycles. The summed E-state index contributed by atoms with van der Waals surface area (Å²) < 4.78 is 1.75. The van der Waals surface area contributed by atoms with Gasteiger partial charge in [0.2, 0.25) is 0 Å². The van der Waals surface area contributed by atoms with Crippen molar-refractivity contribution >= 4 is 17.2 Å². The van der Waals surface area contributed by atoms with Gasteiger partial charge in [-0.1, -0.05) is 30.9 Å². The molecule has 0 bridgehead atoms. The molecule has 2 aromatic rings. The van der Waals surface area contributed by atoms with E-state index in [4.69, 9.17) is 11.6 Å². The van der Waals surface area contributed by atoms with Crippen LogP contribution in [0.5, 0.6) is 0 Å². The molecule has 1 saturated carbocycles. The van der Waals surface area contributed by atoms with Gasteiger partial charge in [0.1, 0.15) is 5.15 Å². The summed E-state index contributed by atoms with van der Waals surface area (Å²) in [5, 5.41) is 12.9. The first-order valence-corrected chi connectivity index (χ1v) is 5.57. The number of hydrogen-bond donors (Lipinski definition) is 0. The van der Waals surface area contributed by atoms with Crippen molar-refractivity contribution in [3.63, 3.8) is 0 Å². The van der Waals surface area contributed by atoms with Crippen LogP contribution in [0.25, 0.3) is 5.65 Å². The zero-order valence-corrected chi connectivity index (χ0v) is 8.98. The molecule has 0 amide bonds. The fourth-order valence-electron chi connectivity index (χ4n) is 1.89. The maximum Gasteiger partial charge on any atom is 0.178 e. The molecule has 5 heteroatoms. The van der Waals surface area contributed by atoms with Gasteiger partial charge >= 0.3 is 0 Å². The Hall–Kier alpha value is -1.16. The van der Waals surface area contributed by atoms with Crippen molar-refractivity contribution in [1.29, 1.82) is 0 Å². The topological polar surface area (TPSA) is 43.1 Å². The molecule has 1 fully saturated rings. The third-order valence-corrected chi connectivity index (χ3v) is 3.19. The fourth-order valence-corrected chi connectivity index (χ4v) is 2.03. The highest BCUT2D eigenvalue weighted by molar-refractivity contribution is 6.29. The number of rotatable bonds is 2. The van der Waals surface area contributed by atoms with Crippen LogP contribution in [-0.2, 0) is 6.42 Å². The second-order valence-corrected chi connectivity index (χ2v) is 4.43. The molecule has 3 rings (SSSR count). The highest BCUT2D eigenvalue weighted by Gasteiger charge is 2.20. The van der Waals surface area contributed by atoms with E-state index in [2.05, 4.69) is 15.3 Å². The van der Waals surface area contributed by atoms with Crippen LogP contribution in [0, 0.1) is 5.92 Å². The van der Waals surface area contributed by atoms with Crippen molar-refractivity contribution in [1.82, 2.24) is 19.8 Å². The number of fused-ring (bicyclic) bond motifs is 1. The van der Waals surface area contributed by atoms with Crippen LogP contribution < -0.4 is 0 Å². The molecule has 2 heterocycles. The van der Waals surface area contributed by atoms with E-state index in [0.29, 0.717) is 5.15 Å². The number of halogens is 1. The maximum absolute atomic E-state index is 5.84. The van der Waals surface area contributed by atoms with Crippen molar-refractivity contribution in [3.8, 4) is 0 Å². The summed E-state index contributed by atoms with van der Waals surface area (Å²) in [6.07, 6.45) is 4.91. The lowest BCUT2D eigenvalue weighted by molar-refractivity contribution is 0.307. The predicted octanol–water partition coefficient (Wildman–Crippen LogP) is 2.12. The van der Waals surface area contributed by atoms with Crippen molar-refractivity contribution in [3.05, 3.63) is 23.1 Å². The van der Waals surface area contributed by atoms with E-state index in [1.54, 1.807) is 10.6 Å². The Kier molecular flexibility index (Phi) is 2.09. The zero-order chi connectivity index (χ0) is 10.3. The van der Waals surface area contributed by atoms with Crippen molar-refractivity contribution in [2.24, 2.45) is 5.92 Å². The van der Waals surface area contributed by atoms with Gasteiger partial charge in [-0.25, -0.2) is 0 Å². The molecule has 2 aromatic heterocycles. The lowest BCUT2D eigenvalue weighted by Crippen LogP contribution is -2.16. The quantitative estimate of drug-likeness (QED) is 0.782. The highest BCUT2D eigenvalue weighted by Crippen LogP contribution is 2.29. The molecular weight excluding hydrogens is 212 g/mol. The molecule has 15 heavy (non-hydrogen) atoms. The van der Waals surface area contributed by atoms with E-state index >= 15 is 0 Å². The molecule has 0 radical (unpaired) electrons. The van der Waals surface area contributed by atoms with Gasteiger partial charge in [0.25, 0.3) is 0 Å². The Morgan fingerprint density at radius 3 is 2.93 bits per heavy atom. The van der Waals surface area contributed by atoms with E-state index in [1.165, 1.54) is 19.3 Å². The van der Waals surface area contributed by atoms with E-state index in [1.807, 2.05) is 6.07 Å². The Bertz CT molecular complexity index is 489. The summed E-state index contributed by atoms with van der Waals surface area (Å²) in [6, 6.07) is 3.57. The van der Waals surface area contributed by atoms with E-state index in [9.17, 15) is 0 Å². The molecular formula is C10H11ClN4. The highest BCUT2D eigenvalue weighted by atomic mass is 35.5. The van der Waals surface area contributed by atoms with Gasteiger partial charge in [-0.15, -0.1) is 10.2 Å². The van der Waals surface area contributed by atoms with E-state index in [0.717, 1.165) is 23.8 Å². The molecule has 0 N–H and O–H groups in total. The first-order valence-electron chi connectivity index (χ1n) is 5.20. The van der Waals surface area contributed by atoms with Crippen LogP contribution in [-0.4, -0.2) is 19.8 Å². The lowest BCUT2D eigenvalue weighted by Gasteiger charge is -2.23. The number of nitrogens with zero attached hydrogens (tertiary/aromatic N) is 4. The smallest absolute Gasteiger partial charge is 0.178 e. The van der Waals surface area contributed by atoms with Gasteiger partial charge < -0.3 is 0 Å². The summed E-state index contributed by atoms with van der Waals surface area (Å²) in [5.41, 5.74) is 0.772. The summed E-state index contributed by atoms with van der Waals surface area (Å²) in [7, 11) is 0. The van der Waals surface area contributed by atoms with E-state index in [-0.39, 0.29) is 0 Å². The van der Waals surface area contributed by atoms with Gasteiger partial charge in [0, 0.05) is 6.42 Å². The molecule has 78 valence electrons. The average Bonchev–Trinajstić information content (AvgIpc) is 2.54. The van der Waals surface area contributed by atoms with Crippen molar-refractivity contribution in [2.45, 2.75) is 25.7 Å². The normalized spacial score (nSPS) is 16.9. The largest absolute Gasteiger partial charge is 0.196 e. The Morgan fingerprint density at radius 2 is 2.20 bits per heavy atom. The molecule has 0 unspecified atom stereocenters. The minimum absolute atomic E-state index is 0.483. The Labute approximate surface area is 92.3 Å². The van der Waals surface area contributed by atoms with E-state index < -0.39 is 0 Å². The summed E-state index contributed by atoms with van der Waals surface area (Å²) in [5.74, 6) is 1.69. The van der Waals surface area contributed by atoms with Crippen LogP contribution in [0.2, 0.25) is 5.15 Å². The first kappa shape index (κ1) is 9.09. The molecule has 0 atom stereocenters. The van der Waals surface area contributed by atoms with Crippen molar-refractivity contribution < 1.29 is 0 Å². The number of hydrogen-bond acceptors (Lipinski definition) is 3. The summed E-state index contributed by atoms with van der Waals surface area (Å²) >= 11 is 5.84. The van der Waals surface area contributed by atoms with Crippen LogP contribution in [0.3, 0.4) is 0 Å². The zero-order valence-electron chi connectivity index (χ0n) is 8.23. The minimum atomic E-state index is 0.483.